The zero-order valence-electron chi connectivity index (χ0n) is 8.02. The second-order valence-corrected chi connectivity index (χ2v) is 2.94. The molecule has 1 aliphatic rings. The van der Waals surface area contributed by atoms with E-state index < -0.39 is 11.9 Å². The van der Waals surface area contributed by atoms with Crippen molar-refractivity contribution in [2.24, 2.45) is 17.3 Å². The second-order valence-electron chi connectivity index (χ2n) is 2.94. The lowest BCUT2D eigenvalue weighted by Crippen LogP contribution is -2.21. The van der Waals surface area contributed by atoms with Crippen molar-refractivity contribution in [2.75, 3.05) is 5.32 Å². The molecule has 9 heteroatoms. The molecule has 1 N–H and O–H groups in total. The summed E-state index contributed by atoms with van der Waals surface area (Å²) in [5.74, 6) is 0.261. The van der Waals surface area contributed by atoms with Gasteiger partial charge in [0.25, 0.3) is 0 Å². The predicted octanol–water partition coefficient (Wildman–Crippen LogP) is 0.768. The summed E-state index contributed by atoms with van der Waals surface area (Å²) in [5, 5.41) is 16.5. The second kappa shape index (κ2) is 3.51. The van der Waals surface area contributed by atoms with E-state index >= 15 is 0 Å². The number of nitrogens with one attached hydrogen (secondary N) is 1. The molecule has 2 heterocycles. The van der Waals surface area contributed by atoms with Crippen LogP contribution in [0.3, 0.4) is 0 Å². The average molecular weight is 231 g/mol. The molecular formula is C7H6F3N6. The van der Waals surface area contributed by atoms with Gasteiger partial charge in [-0.15, -0.1) is 10.2 Å². The van der Waals surface area contributed by atoms with Gasteiger partial charge in [0.2, 0.25) is 5.96 Å². The Hall–Kier alpha value is -2.06. The fraction of sp³-hybridized carbons (Fsp3) is 0.286. The minimum atomic E-state index is -4.47. The molecule has 16 heavy (non-hydrogen) atoms. The predicted molar refractivity (Wildman–Crippen MR) is 49.9 cm³/mol. The van der Waals surface area contributed by atoms with Crippen molar-refractivity contribution < 1.29 is 13.2 Å². The number of aromatic nitrogens is 2. The summed E-state index contributed by atoms with van der Waals surface area (Å²) in [7, 11) is 1.38. The van der Waals surface area contributed by atoms with Gasteiger partial charge in [0.05, 0.1) is 0 Å². The monoisotopic (exact) mass is 231 g/mol. The molecule has 0 saturated carbocycles. The van der Waals surface area contributed by atoms with Crippen LogP contribution >= 0.6 is 0 Å². The average Bonchev–Trinajstić information content (AvgIpc) is 2.76. The maximum atomic E-state index is 12.3. The zero-order chi connectivity index (χ0) is 11.8. The van der Waals surface area contributed by atoms with E-state index in [-0.39, 0.29) is 11.8 Å². The van der Waals surface area contributed by atoms with Gasteiger partial charge in [-0.2, -0.15) is 23.6 Å². The van der Waals surface area contributed by atoms with Gasteiger partial charge >= 0.3 is 6.18 Å². The standard InChI is InChI=1S/C7H6F3N6/c1-16-5(13-6-11-3-12-14-6)2-4(15-16)7(8,9)10/h2-3H,1H3,(H,13,14). The summed E-state index contributed by atoms with van der Waals surface area (Å²) < 4.78 is 38.0. The molecule has 0 saturated heterocycles. The Morgan fingerprint density at radius 3 is 2.62 bits per heavy atom. The summed E-state index contributed by atoms with van der Waals surface area (Å²) in [5.41, 5.74) is -0.975. The highest BCUT2D eigenvalue weighted by Gasteiger charge is 2.34. The first-order valence-corrected chi connectivity index (χ1v) is 4.15. The number of rotatable bonds is 1. The van der Waals surface area contributed by atoms with E-state index in [4.69, 9.17) is 0 Å². The number of guanidine groups is 1. The van der Waals surface area contributed by atoms with Crippen molar-refractivity contribution in [3.05, 3.63) is 11.8 Å². The molecule has 6 nitrogen and oxygen atoms in total. The first-order valence-electron chi connectivity index (χ1n) is 4.15. The van der Waals surface area contributed by atoms with Crippen molar-refractivity contribution in [1.29, 1.82) is 0 Å². The molecule has 0 aromatic carbocycles. The Morgan fingerprint density at radius 1 is 1.38 bits per heavy atom. The molecule has 1 aliphatic heterocycles. The number of hydrogen-bond acceptors (Lipinski definition) is 4. The smallest absolute Gasteiger partial charge is 0.308 e. The lowest BCUT2D eigenvalue weighted by atomic mass is 10.4. The van der Waals surface area contributed by atoms with Gasteiger partial charge in [-0.25, -0.2) is 0 Å². The van der Waals surface area contributed by atoms with Gasteiger partial charge in [-0.1, -0.05) is 0 Å². The van der Waals surface area contributed by atoms with Crippen LogP contribution in [0.25, 0.3) is 0 Å². The van der Waals surface area contributed by atoms with Crippen LogP contribution in [0.1, 0.15) is 5.69 Å². The summed E-state index contributed by atoms with van der Waals surface area (Å²) in [6, 6.07) is 0.871. The highest BCUT2D eigenvalue weighted by atomic mass is 19.4. The molecule has 1 aromatic heterocycles. The molecule has 0 unspecified atom stereocenters. The number of alkyl halides is 3. The fourth-order valence-electron chi connectivity index (χ4n) is 1.08. The first kappa shape index (κ1) is 10.5. The maximum absolute atomic E-state index is 12.3. The third-order valence-corrected chi connectivity index (χ3v) is 1.79. The Bertz CT molecular complexity index is 457. The van der Waals surface area contributed by atoms with E-state index in [0.29, 0.717) is 0 Å². The Balaban J connectivity index is 2.19. The molecule has 0 spiro atoms. The maximum Gasteiger partial charge on any atom is 0.435 e. The van der Waals surface area contributed by atoms with E-state index in [2.05, 4.69) is 25.9 Å². The molecule has 0 aliphatic carbocycles. The van der Waals surface area contributed by atoms with Crippen molar-refractivity contribution >= 4 is 18.1 Å². The fourth-order valence-corrected chi connectivity index (χ4v) is 1.08. The quantitative estimate of drug-likeness (QED) is 0.775. The summed E-state index contributed by atoms with van der Waals surface area (Å²) >= 11 is 0. The van der Waals surface area contributed by atoms with E-state index in [1.807, 2.05) is 0 Å². The van der Waals surface area contributed by atoms with Gasteiger partial charge in [-0.3, -0.25) is 4.68 Å². The van der Waals surface area contributed by atoms with Crippen LogP contribution in [0.15, 0.2) is 16.3 Å². The minimum Gasteiger partial charge on any atom is -0.308 e. The molecule has 0 fully saturated rings. The van der Waals surface area contributed by atoms with Crippen LogP contribution < -0.4 is 10.6 Å². The largest absolute Gasteiger partial charge is 0.435 e. The molecule has 1 radical (unpaired) electrons. The van der Waals surface area contributed by atoms with Crippen LogP contribution in [0.5, 0.6) is 0 Å². The van der Waals surface area contributed by atoms with Crippen molar-refractivity contribution in [3.63, 3.8) is 0 Å². The van der Waals surface area contributed by atoms with E-state index in [9.17, 15) is 13.2 Å². The van der Waals surface area contributed by atoms with Gasteiger partial charge in [0.1, 0.15) is 12.2 Å². The zero-order valence-corrected chi connectivity index (χ0v) is 8.02. The SMILES string of the molecule is Cn1nc(C(F)(F)F)cc1NC1=NN=C[N]1. The van der Waals surface area contributed by atoms with E-state index in [1.54, 1.807) is 0 Å². The van der Waals surface area contributed by atoms with Crippen LogP contribution in [-0.2, 0) is 13.2 Å². The summed E-state index contributed by atoms with van der Waals surface area (Å²) in [6.45, 7) is 0. The molecule has 2 rings (SSSR count). The van der Waals surface area contributed by atoms with Crippen LogP contribution in [0, 0.1) is 0 Å². The van der Waals surface area contributed by atoms with Crippen LogP contribution in [0.4, 0.5) is 19.0 Å². The highest BCUT2D eigenvalue weighted by molar-refractivity contribution is 6.01. The van der Waals surface area contributed by atoms with E-state index in [1.165, 1.54) is 13.4 Å². The normalized spacial score (nSPS) is 14.9. The third-order valence-electron chi connectivity index (χ3n) is 1.79. The number of hydrogen-bond donors (Lipinski definition) is 1. The molecule has 85 valence electrons. The summed E-state index contributed by atoms with van der Waals surface area (Å²) in [4.78, 5) is 0. The number of anilines is 1. The molecular weight excluding hydrogens is 225 g/mol. The van der Waals surface area contributed by atoms with Crippen molar-refractivity contribution in [2.45, 2.75) is 6.18 Å². The number of halogens is 3. The van der Waals surface area contributed by atoms with Gasteiger partial charge < -0.3 is 5.32 Å². The third kappa shape index (κ3) is 1.97. The van der Waals surface area contributed by atoms with Gasteiger partial charge in [0, 0.05) is 13.1 Å². The Morgan fingerprint density at radius 2 is 2.12 bits per heavy atom. The highest BCUT2D eigenvalue weighted by Crippen LogP contribution is 2.29. The van der Waals surface area contributed by atoms with Crippen LogP contribution in [0.2, 0.25) is 0 Å². The van der Waals surface area contributed by atoms with Gasteiger partial charge in [-0.05, 0) is 0 Å². The van der Waals surface area contributed by atoms with Crippen molar-refractivity contribution in [1.82, 2.24) is 15.1 Å². The topological polar surface area (TPSA) is 68.7 Å². The van der Waals surface area contributed by atoms with Gasteiger partial charge in [0.15, 0.2) is 5.69 Å². The molecule has 1 aromatic rings. The minimum absolute atomic E-state index is 0.122. The number of nitrogens with zero attached hydrogens (tertiary/aromatic N) is 5. The van der Waals surface area contributed by atoms with E-state index in [0.717, 1.165) is 10.7 Å². The molecule has 0 atom stereocenters. The number of aryl methyl sites for hydroxylation is 1. The lowest BCUT2D eigenvalue weighted by molar-refractivity contribution is -0.141. The summed E-state index contributed by atoms with van der Waals surface area (Å²) in [6.07, 6.45) is -3.29. The molecule has 0 bridgehead atoms. The first-order chi connectivity index (χ1) is 7.47. The Labute approximate surface area is 87.8 Å². The Kier molecular flexibility index (Phi) is 2.29. The lowest BCUT2D eigenvalue weighted by Gasteiger charge is -2.02. The van der Waals surface area contributed by atoms with Crippen molar-refractivity contribution in [3.8, 4) is 0 Å². The van der Waals surface area contributed by atoms with Crippen LogP contribution in [-0.4, -0.2) is 22.1 Å². The molecule has 0 amide bonds.